The van der Waals surface area contributed by atoms with Gasteiger partial charge in [0, 0.05) is 11.1 Å². The smallest absolute Gasteiger partial charge is 0.322 e. The highest BCUT2D eigenvalue weighted by Crippen LogP contribution is 2.26. The summed E-state index contributed by atoms with van der Waals surface area (Å²) in [6.07, 6.45) is 0. The number of benzene rings is 1. The number of rotatable bonds is 5. The predicted octanol–water partition coefficient (Wildman–Crippen LogP) is 1.71. The first-order valence-corrected chi connectivity index (χ1v) is 8.20. The Balaban J connectivity index is 2.49. The number of carbonyl (C=O) groups is 2. The van der Waals surface area contributed by atoms with Crippen LogP contribution in [0.1, 0.15) is 39.3 Å². The molecule has 0 aliphatic heterocycles. The SMILES string of the molecule is COc1ccc([C@H](C)[NH2+]CC(=O)NC(=O)NC(C)(C)C)cc1Br. The Labute approximate surface area is 145 Å². The highest BCUT2D eigenvalue weighted by molar-refractivity contribution is 9.10. The zero-order chi connectivity index (χ0) is 17.6. The molecule has 23 heavy (non-hydrogen) atoms. The first-order valence-electron chi connectivity index (χ1n) is 7.41. The third-order valence-electron chi connectivity index (χ3n) is 3.10. The number of methoxy groups -OCH3 is 1. The van der Waals surface area contributed by atoms with Gasteiger partial charge in [-0.2, -0.15) is 0 Å². The summed E-state index contributed by atoms with van der Waals surface area (Å²) in [5.41, 5.74) is 0.682. The molecule has 0 aliphatic carbocycles. The maximum Gasteiger partial charge on any atom is 0.322 e. The van der Waals surface area contributed by atoms with Crippen molar-refractivity contribution in [3.63, 3.8) is 0 Å². The average Bonchev–Trinajstić information content (AvgIpc) is 2.42. The number of quaternary nitrogens is 1. The fourth-order valence-corrected chi connectivity index (χ4v) is 2.49. The Hall–Kier alpha value is -1.60. The van der Waals surface area contributed by atoms with Crippen LogP contribution in [0.15, 0.2) is 22.7 Å². The Morgan fingerprint density at radius 2 is 2.00 bits per heavy atom. The maximum absolute atomic E-state index is 11.8. The van der Waals surface area contributed by atoms with Gasteiger partial charge >= 0.3 is 6.03 Å². The Morgan fingerprint density at radius 3 is 2.52 bits per heavy atom. The van der Waals surface area contributed by atoms with Crippen LogP contribution in [-0.4, -0.2) is 31.1 Å². The minimum atomic E-state index is -0.476. The second-order valence-corrected chi connectivity index (χ2v) is 7.23. The van der Waals surface area contributed by atoms with E-state index in [1.807, 2.05) is 51.2 Å². The van der Waals surface area contributed by atoms with E-state index in [9.17, 15) is 9.59 Å². The van der Waals surface area contributed by atoms with Gasteiger partial charge in [0.05, 0.1) is 11.6 Å². The van der Waals surface area contributed by atoms with Crippen LogP contribution >= 0.6 is 15.9 Å². The van der Waals surface area contributed by atoms with Gasteiger partial charge in [0.25, 0.3) is 5.91 Å². The van der Waals surface area contributed by atoms with Gasteiger partial charge in [0.2, 0.25) is 0 Å². The van der Waals surface area contributed by atoms with Gasteiger partial charge in [-0.1, -0.05) is 0 Å². The van der Waals surface area contributed by atoms with Crippen LogP contribution < -0.4 is 20.7 Å². The van der Waals surface area contributed by atoms with E-state index in [4.69, 9.17) is 4.74 Å². The summed E-state index contributed by atoms with van der Waals surface area (Å²) in [6.45, 7) is 7.73. The number of ether oxygens (including phenoxy) is 1. The number of amides is 3. The lowest BCUT2D eigenvalue weighted by Crippen LogP contribution is -2.87. The van der Waals surface area contributed by atoms with Gasteiger partial charge in [0.1, 0.15) is 11.8 Å². The van der Waals surface area contributed by atoms with E-state index in [2.05, 4.69) is 26.6 Å². The lowest BCUT2D eigenvalue weighted by Gasteiger charge is -2.20. The van der Waals surface area contributed by atoms with E-state index in [0.717, 1.165) is 15.8 Å². The fraction of sp³-hybridized carbons (Fsp3) is 0.500. The topological polar surface area (TPSA) is 84.0 Å². The molecule has 1 aromatic carbocycles. The van der Waals surface area contributed by atoms with E-state index in [1.165, 1.54) is 0 Å². The molecule has 0 aliphatic rings. The van der Waals surface area contributed by atoms with E-state index >= 15 is 0 Å². The van der Waals surface area contributed by atoms with Gasteiger partial charge in [0.15, 0.2) is 6.54 Å². The second kappa shape index (κ2) is 8.31. The number of hydrogen-bond donors (Lipinski definition) is 3. The van der Waals surface area contributed by atoms with Crippen LogP contribution in [0.2, 0.25) is 0 Å². The number of nitrogens with two attached hydrogens (primary N) is 1. The van der Waals surface area contributed by atoms with E-state index in [1.54, 1.807) is 7.11 Å². The first kappa shape index (κ1) is 19.4. The van der Waals surface area contributed by atoms with Crippen LogP contribution in [0.3, 0.4) is 0 Å². The van der Waals surface area contributed by atoms with Gasteiger partial charge < -0.3 is 15.4 Å². The Morgan fingerprint density at radius 1 is 1.35 bits per heavy atom. The van der Waals surface area contributed by atoms with Crippen LogP contribution in [0.5, 0.6) is 5.75 Å². The molecule has 7 heteroatoms. The van der Waals surface area contributed by atoms with E-state index in [0.29, 0.717) is 0 Å². The number of hydrogen-bond acceptors (Lipinski definition) is 3. The van der Waals surface area contributed by atoms with Gasteiger partial charge in [-0.25, -0.2) is 4.79 Å². The van der Waals surface area contributed by atoms with Crippen molar-refractivity contribution in [2.75, 3.05) is 13.7 Å². The molecule has 0 radical (unpaired) electrons. The summed E-state index contributed by atoms with van der Waals surface area (Å²) in [4.78, 5) is 23.4. The molecule has 3 amide bonds. The van der Waals surface area contributed by atoms with E-state index in [-0.39, 0.29) is 24.0 Å². The molecule has 1 rings (SSSR count). The number of halogens is 1. The predicted molar refractivity (Wildman–Crippen MR) is 92.3 cm³/mol. The minimum Gasteiger partial charge on any atom is -0.496 e. The van der Waals surface area contributed by atoms with Gasteiger partial charge in [-0.3, -0.25) is 10.1 Å². The molecule has 4 N–H and O–H groups in total. The fourth-order valence-electron chi connectivity index (χ4n) is 1.94. The molecular weight excluding hydrogens is 362 g/mol. The molecule has 0 spiro atoms. The van der Waals surface area contributed by atoms with Crippen molar-refractivity contribution in [3.8, 4) is 5.75 Å². The molecule has 128 valence electrons. The lowest BCUT2D eigenvalue weighted by atomic mass is 10.1. The van der Waals surface area contributed by atoms with E-state index < -0.39 is 6.03 Å². The second-order valence-electron chi connectivity index (χ2n) is 6.37. The quantitative estimate of drug-likeness (QED) is 0.719. The van der Waals surface area contributed by atoms with Crippen molar-refractivity contribution in [2.45, 2.75) is 39.3 Å². The van der Waals surface area contributed by atoms with Crippen LogP contribution in [-0.2, 0) is 4.79 Å². The Kier molecular flexibility index (Phi) is 7.02. The standard InChI is InChI=1S/C16H24BrN3O3/c1-10(11-6-7-13(23-5)12(17)8-11)18-9-14(21)19-15(22)20-16(2,3)4/h6-8,10,18H,9H2,1-5H3,(H2,19,20,21,22)/p+1/t10-/m0/s1. The van der Waals surface area contributed by atoms with Crippen molar-refractivity contribution in [3.05, 3.63) is 28.2 Å². The summed E-state index contributed by atoms with van der Waals surface area (Å²) in [5.74, 6) is 0.434. The molecule has 0 saturated carbocycles. The number of urea groups is 1. The molecule has 0 saturated heterocycles. The van der Waals surface area contributed by atoms with Crippen molar-refractivity contribution in [2.24, 2.45) is 0 Å². The van der Waals surface area contributed by atoms with Crippen molar-refractivity contribution in [1.29, 1.82) is 0 Å². The lowest BCUT2D eigenvalue weighted by molar-refractivity contribution is -0.682. The van der Waals surface area contributed by atoms with Crippen molar-refractivity contribution >= 4 is 27.9 Å². The summed E-state index contributed by atoms with van der Waals surface area (Å²) >= 11 is 3.45. The molecule has 6 nitrogen and oxygen atoms in total. The zero-order valence-corrected chi connectivity index (χ0v) is 15.8. The highest BCUT2D eigenvalue weighted by atomic mass is 79.9. The van der Waals surface area contributed by atoms with Crippen LogP contribution in [0.4, 0.5) is 4.79 Å². The summed E-state index contributed by atoms with van der Waals surface area (Å²) in [5, 5.41) is 6.88. The molecule has 0 heterocycles. The molecule has 1 aromatic rings. The normalized spacial score (nSPS) is 12.4. The molecule has 0 aromatic heterocycles. The molecule has 0 unspecified atom stereocenters. The molecule has 1 atom stereocenters. The third-order valence-corrected chi connectivity index (χ3v) is 3.72. The zero-order valence-electron chi connectivity index (χ0n) is 14.2. The number of imide groups is 1. The number of nitrogens with one attached hydrogen (secondary N) is 2. The van der Waals surface area contributed by atoms with Crippen LogP contribution in [0, 0.1) is 0 Å². The van der Waals surface area contributed by atoms with Crippen molar-refractivity contribution < 1.29 is 19.6 Å². The first-order chi connectivity index (χ1) is 10.6. The number of carbonyl (C=O) groups excluding carboxylic acids is 2. The Bertz CT molecular complexity index is 570. The van der Waals surface area contributed by atoms with Crippen LogP contribution in [0.25, 0.3) is 0 Å². The van der Waals surface area contributed by atoms with Gasteiger partial charge in [-0.05, 0) is 61.8 Å². The monoisotopic (exact) mass is 386 g/mol. The summed E-state index contributed by atoms with van der Waals surface area (Å²) in [7, 11) is 1.61. The average molecular weight is 387 g/mol. The highest BCUT2D eigenvalue weighted by Gasteiger charge is 2.18. The third kappa shape index (κ3) is 7.00. The molecule has 0 bridgehead atoms. The van der Waals surface area contributed by atoms with Gasteiger partial charge in [-0.15, -0.1) is 0 Å². The summed E-state index contributed by atoms with van der Waals surface area (Å²) < 4.78 is 6.06. The summed E-state index contributed by atoms with van der Waals surface area (Å²) in [6, 6.07) is 5.39. The minimum absolute atomic E-state index is 0.0774. The maximum atomic E-state index is 11.8. The molecule has 0 fully saturated rings. The van der Waals surface area contributed by atoms with Crippen molar-refractivity contribution in [1.82, 2.24) is 10.6 Å². The molecular formula is C16H25BrN3O3+. The largest absolute Gasteiger partial charge is 0.496 e.